The van der Waals surface area contributed by atoms with E-state index in [0.717, 1.165) is 24.5 Å². The number of primary amides is 1. The standard InChI is InChI=1S/C22H19F4N3O3S/c1-11-6-7-16(15(23)8-11)28-21-14(22(27)30)10-13(19(25)20(21)26)9-12-4-3-5-17(18(12)24)29-33(2,31)32/h3-8,10,28-29H,9H2,1-2H3,(H2,27,30). The van der Waals surface area contributed by atoms with Gasteiger partial charge in [-0.3, -0.25) is 9.52 Å². The van der Waals surface area contributed by atoms with Crippen LogP contribution in [0, 0.1) is 30.2 Å². The highest BCUT2D eigenvalue weighted by Crippen LogP contribution is 2.32. The van der Waals surface area contributed by atoms with Crippen LogP contribution in [0.3, 0.4) is 0 Å². The van der Waals surface area contributed by atoms with Crippen molar-refractivity contribution >= 4 is 33.0 Å². The van der Waals surface area contributed by atoms with Gasteiger partial charge in [0.25, 0.3) is 5.91 Å². The topological polar surface area (TPSA) is 101 Å². The van der Waals surface area contributed by atoms with E-state index in [4.69, 9.17) is 5.73 Å². The van der Waals surface area contributed by atoms with Crippen molar-refractivity contribution < 1.29 is 30.8 Å². The average molecular weight is 481 g/mol. The number of hydrogen-bond donors (Lipinski definition) is 3. The molecule has 0 saturated heterocycles. The largest absolute Gasteiger partial charge is 0.366 e. The van der Waals surface area contributed by atoms with Crippen molar-refractivity contribution in [2.24, 2.45) is 5.73 Å². The van der Waals surface area contributed by atoms with Crippen LogP contribution in [-0.4, -0.2) is 20.6 Å². The summed E-state index contributed by atoms with van der Waals surface area (Å²) in [4.78, 5) is 11.9. The summed E-state index contributed by atoms with van der Waals surface area (Å²) in [7, 11) is -3.79. The highest BCUT2D eigenvalue weighted by Gasteiger charge is 2.23. The molecule has 0 spiro atoms. The number of carbonyl (C=O) groups excluding carboxylic acids is 1. The van der Waals surface area contributed by atoms with Gasteiger partial charge in [-0.1, -0.05) is 18.2 Å². The molecule has 0 fully saturated rings. The number of benzene rings is 3. The van der Waals surface area contributed by atoms with Gasteiger partial charge < -0.3 is 11.1 Å². The second-order valence-corrected chi connectivity index (χ2v) is 9.14. The first-order valence-corrected chi connectivity index (χ1v) is 11.4. The van der Waals surface area contributed by atoms with Crippen molar-refractivity contribution in [3.8, 4) is 0 Å². The number of carbonyl (C=O) groups is 1. The third-order valence-corrected chi connectivity index (χ3v) is 5.28. The Morgan fingerprint density at radius 2 is 1.64 bits per heavy atom. The lowest BCUT2D eigenvalue weighted by Crippen LogP contribution is -2.17. The molecule has 0 aliphatic rings. The first-order chi connectivity index (χ1) is 15.4. The summed E-state index contributed by atoms with van der Waals surface area (Å²) in [6, 6.07) is 8.65. The summed E-state index contributed by atoms with van der Waals surface area (Å²) in [5.74, 6) is -5.79. The molecule has 3 aromatic carbocycles. The smallest absolute Gasteiger partial charge is 0.250 e. The van der Waals surface area contributed by atoms with Gasteiger partial charge in [0, 0.05) is 6.42 Å². The van der Waals surface area contributed by atoms with Gasteiger partial charge in [0.1, 0.15) is 5.82 Å². The van der Waals surface area contributed by atoms with Gasteiger partial charge >= 0.3 is 0 Å². The molecule has 1 amide bonds. The summed E-state index contributed by atoms with van der Waals surface area (Å²) in [6.07, 6.45) is 0.309. The van der Waals surface area contributed by atoms with Crippen molar-refractivity contribution in [3.05, 3.63) is 88.0 Å². The summed E-state index contributed by atoms with van der Waals surface area (Å²) in [6.45, 7) is 1.64. The fraction of sp³-hybridized carbons (Fsp3) is 0.136. The van der Waals surface area contributed by atoms with E-state index in [1.807, 2.05) is 4.72 Å². The Morgan fingerprint density at radius 1 is 0.939 bits per heavy atom. The minimum Gasteiger partial charge on any atom is -0.366 e. The van der Waals surface area contributed by atoms with Gasteiger partial charge in [0.2, 0.25) is 10.0 Å². The van der Waals surface area contributed by atoms with E-state index in [1.54, 1.807) is 6.92 Å². The van der Waals surface area contributed by atoms with Crippen LogP contribution in [0.15, 0.2) is 42.5 Å². The van der Waals surface area contributed by atoms with E-state index in [-0.39, 0.29) is 16.9 Å². The third kappa shape index (κ3) is 5.43. The highest BCUT2D eigenvalue weighted by atomic mass is 32.2. The summed E-state index contributed by atoms with van der Waals surface area (Å²) in [5, 5.41) is 2.35. The lowest BCUT2D eigenvalue weighted by atomic mass is 9.99. The second kappa shape index (κ2) is 9.10. The Kier molecular flexibility index (Phi) is 6.63. The molecule has 3 aromatic rings. The van der Waals surface area contributed by atoms with Gasteiger partial charge in [0.15, 0.2) is 17.5 Å². The second-order valence-electron chi connectivity index (χ2n) is 7.39. The average Bonchev–Trinajstić information content (AvgIpc) is 2.70. The minimum absolute atomic E-state index is 0.164. The summed E-state index contributed by atoms with van der Waals surface area (Å²) < 4.78 is 83.5. The van der Waals surface area contributed by atoms with Crippen LogP contribution < -0.4 is 15.8 Å². The number of hydrogen-bond acceptors (Lipinski definition) is 4. The van der Waals surface area contributed by atoms with Crippen LogP contribution in [0.1, 0.15) is 27.0 Å². The summed E-state index contributed by atoms with van der Waals surface area (Å²) in [5.41, 5.74) is 3.61. The fourth-order valence-electron chi connectivity index (χ4n) is 3.18. The van der Waals surface area contributed by atoms with E-state index < -0.39 is 62.4 Å². The lowest BCUT2D eigenvalue weighted by Gasteiger charge is -2.16. The maximum atomic E-state index is 14.9. The predicted octanol–water partition coefficient (Wildman–Crippen LogP) is 4.36. The van der Waals surface area contributed by atoms with Crippen molar-refractivity contribution in [3.63, 3.8) is 0 Å². The number of amides is 1. The SMILES string of the molecule is Cc1ccc(Nc2c(C(N)=O)cc(Cc3cccc(NS(C)(=O)=O)c3F)c(F)c2F)c(F)c1. The molecule has 0 unspecified atom stereocenters. The minimum atomic E-state index is -3.79. The Morgan fingerprint density at radius 3 is 2.24 bits per heavy atom. The number of rotatable bonds is 7. The molecule has 174 valence electrons. The maximum Gasteiger partial charge on any atom is 0.250 e. The van der Waals surface area contributed by atoms with E-state index >= 15 is 0 Å². The maximum absolute atomic E-state index is 14.9. The molecule has 0 radical (unpaired) electrons. The molecule has 0 aromatic heterocycles. The highest BCUT2D eigenvalue weighted by molar-refractivity contribution is 7.92. The Bertz CT molecular complexity index is 1360. The predicted molar refractivity (Wildman–Crippen MR) is 117 cm³/mol. The molecule has 0 aliphatic carbocycles. The monoisotopic (exact) mass is 481 g/mol. The molecule has 0 bridgehead atoms. The molecule has 0 saturated carbocycles. The third-order valence-electron chi connectivity index (χ3n) is 4.69. The molecule has 4 N–H and O–H groups in total. The van der Waals surface area contributed by atoms with E-state index in [0.29, 0.717) is 5.56 Å². The van der Waals surface area contributed by atoms with Gasteiger partial charge in [-0.15, -0.1) is 0 Å². The van der Waals surface area contributed by atoms with Crippen molar-refractivity contribution in [1.29, 1.82) is 0 Å². The number of sulfonamides is 1. The van der Waals surface area contributed by atoms with Gasteiger partial charge in [0.05, 0.1) is 28.9 Å². The van der Waals surface area contributed by atoms with Crippen LogP contribution >= 0.6 is 0 Å². The van der Waals surface area contributed by atoms with Crippen LogP contribution in [0.25, 0.3) is 0 Å². The van der Waals surface area contributed by atoms with E-state index in [1.165, 1.54) is 24.3 Å². The number of nitrogens with two attached hydrogens (primary N) is 1. The van der Waals surface area contributed by atoms with Crippen molar-refractivity contribution in [1.82, 2.24) is 0 Å². The van der Waals surface area contributed by atoms with E-state index in [9.17, 15) is 30.8 Å². The quantitative estimate of drug-likeness (QED) is 0.437. The molecule has 0 atom stereocenters. The molecule has 11 heteroatoms. The molecule has 0 heterocycles. The number of anilines is 3. The lowest BCUT2D eigenvalue weighted by molar-refractivity contribution is 0.100. The van der Waals surface area contributed by atoms with Crippen molar-refractivity contribution in [2.45, 2.75) is 13.3 Å². The first kappa shape index (κ1) is 24.1. The van der Waals surface area contributed by atoms with Crippen LogP contribution in [0.4, 0.5) is 34.6 Å². The van der Waals surface area contributed by atoms with Crippen LogP contribution in [0.2, 0.25) is 0 Å². The first-order valence-electron chi connectivity index (χ1n) is 9.46. The van der Waals surface area contributed by atoms with Gasteiger partial charge in [-0.05, 0) is 47.9 Å². The number of aryl methyl sites for hydroxylation is 1. The van der Waals surface area contributed by atoms with Crippen LogP contribution in [-0.2, 0) is 16.4 Å². The zero-order valence-corrected chi connectivity index (χ0v) is 18.3. The Balaban J connectivity index is 2.05. The van der Waals surface area contributed by atoms with Gasteiger partial charge in [-0.2, -0.15) is 0 Å². The molecular formula is C22H19F4N3O3S. The van der Waals surface area contributed by atoms with Crippen molar-refractivity contribution in [2.75, 3.05) is 16.3 Å². The molecule has 3 rings (SSSR count). The normalized spacial score (nSPS) is 11.3. The molecule has 33 heavy (non-hydrogen) atoms. The number of halogens is 4. The summed E-state index contributed by atoms with van der Waals surface area (Å²) >= 11 is 0. The van der Waals surface area contributed by atoms with E-state index in [2.05, 4.69) is 5.32 Å². The Hall–Kier alpha value is -3.60. The van der Waals surface area contributed by atoms with Gasteiger partial charge in [-0.25, -0.2) is 26.0 Å². The molecule has 6 nitrogen and oxygen atoms in total. The zero-order chi connectivity index (χ0) is 24.5. The number of nitrogens with one attached hydrogen (secondary N) is 2. The van der Waals surface area contributed by atoms with Crippen LogP contribution in [0.5, 0.6) is 0 Å². The molecular weight excluding hydrogens is 462 g/mol. The Labute approximate surface area is 187 Å². The molecule has 0 aliphatic heterocycles. The fourth-order valence-corrected chi connectivity index (χ4v) is 3.74. The zero-order valence-electron chi connectivity index (χ0n) is 17.5.